The molecule has 12 atom stereocenters. The summed E-state index contributed by atoms with van der Waals surface area (Å²) in [6.07, 6.45) is 1.95. The Morgan fingerprint density at radius 1 is 1.00 bits per heavy atom. The number of fused-ring (bicyclic) bond motifs is 2. The molecule has 5 saturated carbocycles. The molecule has 2 aromatic rings. The van der Waals surface area contributed by atoms with Gasteiger partial charge in [-0.15, -0.1) is 0 Å². The van der Waals surface area contributed by atoms with E-state index in [2.05, 4.69) is 25.7 Å². The molecular formula is C41H53NO8. The van der Waals surface area contributed by atoms with Crippen LogP contribution in [-0.4, -0.2) is 101 Å². The third-order valence-electron chi connectivity index (χ3n) is 14.8. The SMILES string of the molecule is CCN1C[C@]2(OC(=O)c3ccccc3CC(=O)c3ccc(C(C)C)cc3)CC[C@H](CO)[C@]34C1[C@H](CC23)[C@@]1(O)C[C@H](OC)[C@H]2CC4[C@]1(O)[C@H]2OC. The van der Waals surface area contributed by atoms with Crippen LogP contribution in [0.25, 0.3) is 0 Å². The van der Waals surface area contributed by atoms with E-state index in [0.29, 0.717) is 67.8 Å². The van der Waals surface area contributed by atoms with Crippen molar-refractivity contribution in [3.8, 4) is 0 Å². The lowest BCUT2D eigenvalue weighted by molar-refractivity contribution is -0.333. The molecule has 1 spiro atoms. The molecule has 8 rings (SSSR count). The van der Waals surface area contributed by atoms with Crippen molar-refractivity contribution in [1.29, 1.82) is 0 Å². The molecule has 7 bridgehead atoms. The molecule has 1 saturated heterocycles. The van der Waals surface area contributed by atoms with Crippen molar-refractivity contribution in [2.75, 3.05) is 33.9 Å². The second-order valence-corrected chi connectivity index (χ2v) is 16.6. The maximum Gasteiger partial charge on any atom is 0.339 e. The fourth-order valence-electron chi connectivity index (χ4n) is 13.0. The molecule has 6 aliphatic rings. The van der Waals surface area contributed by atoms with Gasteiger partial charge < -0.3 is 29.5 Å². The topological polar surface area (TPSA) is 126 Å². The Hall–Kier alpha value is -2.66. The number of rotatable bonds is 10. The Bertz CT molecular complexity index is 1660. The zero-order valence-corrected chi connectivity index (χ0v) is 30.0. The number of carbonyl (C=O) groups is 2. The van der Waals surface area contributed by atoms with E-state index in [-0.39, 0.29) is 60.5 Å². The van der Waals surface area contributed by atoms with Crippen molar-refractivity contribution in [2.45, 2.75) is 100 Å². The highest BCUT2D eigenvalue weighted by Crippen LogP contribution is 2.80. The summed E-state index contributed by atoms with van der Waals surface area (Å²) in [6.45, 7) is 7.51. The predicted octanol–water partition coefficient (Wildman–Crippen LogP) is 4.41. The van der Waals surface area contributed by atoms with E-state index in [1.165, 1.54) is 0 Å². The molecule has 1 aliphatic heterocycles. The van der Waals surface area contributed by atoms with Crippen molar-refractivity contribution in [2.24, 2.45) is 35.0 Å². The van der Waals surface area contributed by atoms with Crippen molar-refractivity contribution in [1.82, 2.24) is 4.90 Å². The molecule has 5 aliphatic carbocycles. The second-order valence-electron chi connectivity index (χ2n) is 16.6. The smallest absolute Gasteiger partial charge is 0.339 e. The number of likely N-dealkylation sites (tertiary alicyclic amines) is 1. The first-order valence-electron chi connectivity index (χ1n) is 18.7. The first-order valence-corrected chi connectivity index (χ1v) is 18.7. The summed E-state index contributed by atoms with van der Waals surface area (Å²) in [5.41, 5.74) is -1.69. The number of hydrogen-bond acceptors (Lipinski definition) is 9. The van der Waals surface area contributed by atoms with Crippen LogP contribution in [0.3, 0.4) is 0 Å². The Morgan fingerprint density at radius 3 is 2.40 bits per heavy atom. The van der Waals surface area contributed by atoms with Gasteiger partial charge in [-0.25, -0.2) is 4.79 Å². The summed E-state index contributed by atoms with van der Waals surface area (Å²) in [6, 6.07) is 14.9. The number of carbonyl (C=O) groups excluding carboxylic acids is 2. The number of hydrogen-bond donors (Lipinski definition) is 3. The minimum atomic E-state index is -1.52. The number of aliphatic hydroxyl groups excluding tert-OH is 1. The van der Waals surface area contributed by atoms with E-state index in [9.17, 15) is 24.9 Å². The van der Waals surface area contributed by atoms with E-state index in [0.717, 1.165) is 5.56 Å². The van der Waals surface area contributed by atoms with E-state index in [1.54, 1.807) is 20.3 Å². The van der Waals surface area contributed by atoms with Crippen LogP contribution in [0.15, 0.2) is 48.5 Å². The third-order valence-corrected chi connectivity index (χ3v) is 14.8. The lowest BCUT2D eigenvalue weighted by Gasteiger charge is -2.71. The molecule has 270 valence electrons. The molecule has 0 radical (unpaired) electrons. The predicted molar refractivity (Wildman–Crippen MR) is 186 cm³/mol. The summed E-state index contributed by atoms with van der Waals surface area (Å²) in [7, 11) is 3.29. The van der Waals surface area contributed by atoms with Crippen LogP contribution in [0.1, 0.15) is 90.6 Å². The van der Waals surface area contributed by atoms with Gasteiger partial charge in [0.1, 0.15) is 16.8 Å². The number of Topliss-reactive ketones (excluding diaryl/α,β-unsaturated/α-hetero) is 1. The monoisotopic (exact) mass is 687 g/mol. The Balaban J connectivity index is 1.17. The highest BCUT2D eigenvalue weighted by molar-refractivity contribution is 6.00. The summed E-state index contributed by atoms with van der Waals surface area (Å²) in [5, 5.41) is 37.0. The quantitative estimate of drug-likeness (QED) is 0.246. The molecule has 9 heteroatoms. The number of ketones is 1. The first-order chi connectivity index (χ1) is 23.9. The van der Waals surface area contributed by atoms with Gasteiger partial charge in [0, 0.05) is 80.9 Å². The van der Waals surface area contributed by atoms with Crippen LogP contribution in [0.5, 0.6) is 0 Å². The van der Waals surface area contributed by atoms with Gasteiger partial charge in [0.15, 0.2) is 5.78 Å². The minimum Gasteiger partial charge on any atom is -0.454 e. The van der Waals surface area contributed by atoms with E-state index >= 15 is 0 Å². The number of aliphatic hydroxyl groups is 3. The first kappa shape index (κ1) is 34.4. The van der Waals surface area contributed by atoms with Gasteiger partial charge in [0.25, 0.3) is 0 Å². The van der Waals surface area contributed by atoms with Crippen molar-refractivity contribution < 1.29 is 39.1 Å². The number of piperidine rings is 1. The van der Waals surface area contributed by atoms with Crippen molar-refractivity contribution in [3.63, 3.8) is 0 Å². The van der Waals surface area contributed by atoms with Crippen LogP contribution in [0.2, 0.25) is 0 Å². The number of methoxy groups -OCH3 is 2. The van der Waals surface area contributed by atoms with Crippen molar-refractivity contribution in [3.05, 3.63) is 70.8 Å². The summed E-state index contributed by atoms with van der Waals surface area (Å²) < 4.78 is 18.9. The Morgan fingerprint density at radius 2 is 1.74 bits per heavy atom. The normalized spacial score (nSPS) is 42.5. The zero-order valence-electron chi connectivity index (χ0n) is 30.0. The number of ether oxygens (including phenoxy) is 3. The lowest BCUT2D eigenvalue weighted by atomic mass is 9.42. The fourth-order valence-corrected chi connectivity index (χ4v) is 13.0. The largest absolute Gasteiger partial charge is 0.454 e. The van der Waals surface area contributed by atoms with E-state index in [1.807, 2.05) is 42.5 Å². The van der Waals surface area contributed by atoms with Gasteiger partial charge in [-0.05, 0) is 61.3 Å². The highest BCUT2D eigenvalue weighted by atomic mass is 16.6. The molecule has 6 fully saturated rings. The minimum absolute atomic E-state index is 0.0363. The molecule has 2 aromatic carbocycles. The highest BCUT2D eigenvalue weighted by Gasteiger charge is 2.88. The average molecular weight is 688 g/mol. The van der Waals surface area contributed by atoms with Crippen LogP contribution >= 0.6 is 0 Å². The standard InChI is InChI=1S/C41H53NO8/c1-6-42-22-38(50-37(45)28-10-8-7-9-26(28)17-31(44)25-13-11-24(12-14-25)23(2)3)16-15-27(21-43)40-33(38)19-30(35(40)42)39(46)20-32(48-4)29-18-34(40)41(39,47)36(29)49-5/h7-14,23,27,29-30,32-36,43,46-47H,6,15-22H2,1-5H3/t27-,29-,30+,32+,33?,34?,35?,36+,38-,39+,40+,41+/m1/s1. The summed E-state index contributed by atoms with van der Waals surface area (Å²) in [4.78, 5) is 30.4. The number of nitrogens with zero attached hydrogens (tertiary/aromatic N) is 1. The average Bonchev–Trinajstić information content (AvgIpc) is 3.54. The van der Waals surface area contributed by atoms with Gasteiger partial charge in [-0.2, -0.15) is 0 Å². The fraction of sp³-hybridized carbons (Fsp3) is 0.659. The zero-order chi connectivity index (χ0) is 35.4. The Kier molecular flexibility index (Phi) is 8.22. The van der Waals surface area contributed by atoms with Gasteiger partial charge in [-0.1, -0.05) is 63.2 Å². The molecule has 3 N–H and O–H groups in total. The molecular weight excluding hydrogens is 634 g/mol. The second kappa shape index (κ2) is 11.9. The maximum absolute atomic E-state index is 14.5. The molecule has 3 unspecified atom stereocenters. The van der Waals surface area contributed by atoms with E-state index < -0.39 is 34.3 Å². The van der Waals surface area contributed by atoms with Gasteiger partial charge in [0.2, 0.25) is 0 Å². The van der Waals surface area contributed by atoms with Gasteiger partial charge >= 0.3 is 5.97 Å². The Labute approximate surface area is 295 Å². The van der Waals surface area contributed by atoms with Crippen LogP contribution in [-0.2, 0) is 20.6 Å². The number of esters is 1. The molecule has 9 nitrogen and oxygen atoms in total. The third kappa shape index (κ3) is 4.28. The van der Waals surface area contributed by atoms with Gasteiger partial charge in [-0.3, -0.25) is 9.69 Å². The van der Waals surface area contributed by atoms with Crippen molar-refractivity contribution >= 4 is 11.8 Å². The molecule has 1 heterocycles. The number of likely N-dealkylation sites (N-methyl/N-ethyl adjacent to an activating group) is 1. The summed E-state index contributed by atoms with van der Waals surface area (Å²) in [5.74, 6) is -1.24. The molecule has 0 aromatic heterocycles. The van der Waals surface area contributed by atoms with Crippen LogP contribution in [0, 0.1) is 35.0 Å². The van der Waals surface area contributed by atoms with Gasteiger partial charge in [0.05, 0.1) is 17.8 Å². The molecule has 50 heavy (non-hydrogen) atoms. The number of benzene rings is 2. The summed E-state index contributed by atoms with van der Waals surface area (Å²) >= 11 is 0. The maximum atomic E-state index is 14.5. The molecule has 0 amide bonds. The van der Waals surface area contributed by atoms with E-state index in [4.69, 9.17) is 14.2 Å². The van der Waals surface area contributed by atoms with Crippen LogP contribution in [0.4, 0.5) is 0 Å². The van der Waals surface area contributed by atoms with Crippen LogP contribution < -0.4 is 0 Å². The lowest BCUT2D eigenvalue weighted by Crippen LogP contribution is -2.82.